The van der Waals surface area contributed by atoms with Gasteiger partial charge in [-0.1, -0.05) is 42.5 Å². The first-order valence-electron chi connectivity index (χ1n) is 8.59. The molecule has 2 heterocycles. The summed E-state index contributed by atoms with van der Waals surface area (Å²) in [5.41, 5.74) is 2.28. The average Bonchev–Trinajstić information content (AvgIpc) is 3.11. The Morgan fingerprint density at radius 3 is 2.81 bits per heavy atom. The number of carbonyl (C=O) groups is 1. The van der Waals surface area contributed by atoms with Gasteiger partial charge in [-0.3, -0.25) is 4.90 Å². The van der Waals surface area contributed by atoms with Crippen molar-refractivity contribution in [3.8, 4) is 0 Å². The van der Waals surface area contributed by atoms with Gasteiger partial charge in [-0.15, -0.1) is 0 Å². The van der Waals surface area contributed by atoms with Gasteiger partial charge >= 0.3 is 6.09 Å². The number of fused-ring (bicyclic) bond motifs is 2. The summed E-state index contributed by atoms with van der Waals surface area (Å²) in [4.78, 5) is 13.7. The summed E-state index contributed by atoms with van der Waals surface area (Å²) in [6.45, 7) is 2.07. The van der Waals surface area contributed by atoms with Crippen molar-refractivity contribution in [3.63, 3.8) is 0 Å². The van der Waals surface area contributed by atoms with Crippen LogP contribution < -0.4 is 4.90 Å². The van der Waals surface area contributed by atoms with Crippen LogP contribution >= 0.6 is 0 Å². The molecule has 0 fully saturated rings. The highest BCUT2D eigenvalue weighted by Crippen LogP contribution is 2.41. The van der Waals surface area contributed by atoms with E-state index < -0.39 is 12.2 Å². The molecule has 4 rings (SSSR count). The van der Waals surface area contributed by atoms with Crippen LogP contribution in [0.4, 0.5) is 10.5 Å². The summed E-state index contributed by atoms with van der Waals surface area (Å²) in [5, 5.41) is 11.9. The van der Waals surface area contributed by atoms with Crippen molar-refractivity contribution in [3.05, 3.63) is 78.2 Å². The maximum atomic E-state index is 12.2. The van der Waals surface area contributed by atoms with Gasteiger partial charge in [-0.25, -0.2) is 4.79 Å². The maximum absolute atomic E-state index is 12.2. The van der Waals surface area contributed by atoms with Gasteiger partial charge in [0, 0.05) is 17.5 Å². The van der Waals surface area contributed by atoms with Gasteiger partial charge in [0.25, 0.3) is 0 Å². The van der Waals surface area contributed by atoms with E-state index in [2.05, 4.69) is 0 Å². The monoisotopic (exact) mass is 349 g/mol. The number of nitrogens with zero attached hydrogens (tertiary/aromatic N) is 1. The van der Waals surface area contributed by atoms with Crippen LogP contribution in [0.2, 0.25) is 0 Å². The lowest BCUT2D eigenvalue weighted by atomic mass is 9.88. The van der Waals surface area contributed by atoms with E-state index in [1.165, 1.54) is 4.90 Å². The van der Waals surface area contributed by atoms with Crippen LogP contribution in [0, 0.1) is 0 Å². The minimum Gasteiger partial charge on any atom is -0.458 e. The number of aliphatic hydroxyl groups excluding tert-OH is 1. The number of ether oxygens (including phenoxy) is 1. The molecule has 26 heavy (non-hydrogen) atoms. The molecule has 2 aromatic carbocycles. The first kappa shape index (κ1) is 16.4. The van der Waals surface area contributed by atoms with E-state index in [1.54, 1.807) is 19.2 Å². The second-order valence-electron chi connectivity index (χ2n) is 6.13. The van der Waals surface area contributed by atoms with Crippen molar-refractivity contribution in [2.24, 2.45) is 0 Å². The molecule has 5 heteroatoms. The first-order valence-corrected chi connectivity index (χ1v) is 8.59. The molecule has 5 nitrogen and oxygen atoms in total. The van der Waals surface area contributed by atoms with Crippen molar-refractivity contribution < 1.29 is 19.1 Å². The van der Waals surface area contributed by atoms with E-state index in [-0.39, 0.29) is 5.92 Å². The number of amides is 1. The largest absolute Gasteiger partial charge is 0.458 e. The summed E-state index contributed by atoms with van der Waals surface area (Å²) >= 11 is 0. The predicted octanol–water partition coefficient (Wildman–Crippen LogP) is 4.74. The van der Waals surface area contributed by atoms with Crippen molar-refractivity contribution >= 4 is 22.7 Å². The summed E-state index contributed by atoms with van der Waals surface area (Å²) in [6, 6.07) is 17.0. The number of benzene rings is 2. The number of carbonyl (C=O) groups excluding carboxylic acids is 1. The Morgan fingerprint density at radius 1 is 1.23 bits per heavy atom. The van der Waals surface area contributed by atoms with Crippen LogP contribution in [0.1, 0.15) is 30.3 Å². The summed E-state index contributed by atoms with van der Waals surface area (Å²) < 4.78 is 10.9. The number of para-hydroxylation sites is 2. The van der Waals surface area contributed by atoms with Crippen molar-refractivity contribution in [1.29, 1.82) is 0 Å². The number of rotatable bonds is 3. The second kappa shape index (κ2) is 6.69. The highest BCUT2D eigenvalue weighted by molar-refractivity contribution is 5.91. The lowest BCUT2D eigenvalue weighted by Gasteiger charge is -2.30. The molecule has 2 unspecified atom stereocenters. The molecule has 1 aromatic heterocycles. The molecule has 1 aliphatic heterocycles. The highest BCUT2D eigenvalue weighted by Gasteiger charge is 2.31. The summed E-state index contributed by atoms with van der Waals surface area (Å²) in [7, 11) is 0. The zero-order valence-electron chi connectivity index (χ0n) is 14.3. The van der Waals surface area contributed by atoms with Crippen LogP contribution in [-0.2, 0) is 4.74 Å². The minimum absolute atomic E-state index is 0.302. The van der Waals surface area contributed by atoms with E-state index >= 15 is 0 Å². The molecular weight excluding hydrogens is 330 g/mol. The molecule has 3 aromatic rings. The van der Waals surface area contributed by atoms with Gasteiger partial charge in [0.1, 0.15) is 17.4 Å². The molecule has 0 radical (unpaired) electrons. The fourth-order valence-corrected chi connectivity index (χ4v) is 3.30. The van der Waals surface area contributed by atoms with Crippen LogP contribution in [0.5, 0.6) is 0 Å². The molecule has 1 aliphatic rings. The minimum atomic E-state index is -0.857. The normalized spacial score (nSPS) is 17.2. The quantitative estimate of drug-likeness (QED) is 0.742. The fraction of sp³-hybridized carbons (Fsp3) is 0.190. The van der Waals surface area contributed by atoms with Crippen LogP contribution in [0.25, 0.3) is 11.0 Å². The van der Waals surface area contributed by atoms with Crippen LogP contribution in [0.3, 0.4) is 0 Å². The average molecular weight is 349 g/mol. The smallest absolute Gasteiger partial charge is 0.418 e. The Kier molecular flexibility index (Phi) is 4.22. The third-order valence-electron chi connectivity index (χ3n) is 4.54. The van der Waals surface area contributed by atoms with Gasteiger partial charge in [-0.05, 0) is 30.7 Å². The number of hydrogen-bond donors (Lipinski definition) is 1. The van der Waals surface area contributed by atoms with E-state index in [0.717, 1.165) is 16.5 Å². The third kappa shape index (κ3) is 2.76. The number of aliphatic hydroxyl groups is 1. The topological polar surface area (TPSA) is 62.9 Å². The standard InChI is InChI=1S/C21H19NO4/c1-2-25-21(24)22-12-11-16(15-8-4-5-9-17(15)22)20(23)19-13-14-7-3-6-10-18(14)26-19/h3-13,16,20,23H,2H2,1H3. The van der Waals surface area contributed by atoms with Gasteiger partial charge in [0.15, 0.2) is 0 Å². The third-order valence-corrected chi connectivity index (χ3v) is 4.54. The first-order chi connectivity index (χ1) is 12.7. The van der Waals surface area contributed by atoms with Gasteiger partial charge in [0.2, 0.25) is 0 Å². The second-order valence-corrected chi connectivity index (χ2v) is 6.13. The number of hydrogen-bond acceptors (Lipinski definition) is 4. The zero-order valence-corrected chi connectivity index (χ0v) is 14.3. The van der Waals surface area contributed by atoms with Crippen molar-refractivity contribution in [1.82, 2.24) is 0 Å². The van der Waals surface area contributed by atoms with Gasteiger partial charge in [-0.2, -0.15) is 0 Å². The lowest BCUT2D eigenvalue weighted by molar-refractivity contribution is 0.136. The van der Waals surface area contributed by atoms with Gasteiger partial charge < -0.3 is 14.3 Å². The molecule has 2 atom stereocenters. The van der Waals surface area contributed by atoms with E-state index in [0.29, 0.717) is 18.1 Å². The molecule has 1 N–H and O–H groups in total. The molecule has 0 aliphatic carbocycles. The summed E-state index contributed by atoms with van der Waals surface area (Å²) in [5.74, 6) is 0.178. The van der Waals surface area contributed by atoms with Crippen molar-refractivity contribution in [2.45, 2.75) is 18.9 Å². The van der Waals surface area contributed by atoms with E-state index in [4.69, 9.17) is 9.15 Å². The van der Waals surface area contributed by atoms with Crippen LogP contribution in [0.15, 0.2) is 71.3 Å². The van der Waals surface area contributed by atoms with Crippen LogP contribution in [-0.4, -0.2) is 17.8 Å². The number of furan rings is 1. The number of anilines is 1. The molecular formula is C21H19NO4. The van der Waals surface area contributed by atoms with E-state index in [9.17, 15) is 9.90 Å². The molecule has 0 spiro atoms. The Bertz CT molecular complexity index is 942. The lowest BCUT2D eigenvalue weighted by Crippen LogP contribution is -2.30. The predicted molar refractivity (Wildman–Crippen MR) is 99.0 cm³/mol. The van der Waals surface area contributed by atoms with Crippen molar-refractivity contribution in [2.75, 3.05) is 11.5 Å². The SMILES string of the molecule is CCOC(=O)N1C=CC(C(O)c2cc3ccccc3o2)c2ccccc21. The van der Waals surface area contributed by atoms with E-state index in [1.807, 2.05) is 54.6 Å². The fourth-order valence-electron chi connectivity index (χ4n) is 3.30. The molecule has 1 amide bonds. The zero-order chi connectivity index (χ0) is 18.1. The molecule has 0 bridgehead atoms. The Balaban J connectivity index is 1.71. The Labute approximate surface area is 151 Å². The maximum Gasteiger partial charge on any atom is 0.418 e. The highest BCUT2D eigenvalue weighted by atomic mass is 16.6. The van der Waals surface area contributed by atoms with Gasteiger partial charge in [0.05, 0.1) is 12.3 Å². The molecule has 0 saturated carbocycles. The Morgan fingerprint density at radius 2 is 2.00 bits per heavy atom. The Hall–Kier alpha value is -3.05. The molecule has 0 saturated heterocycles. The summed E-state index contributed by atoms with van der Waals surface area (Å²) in [6.07, 6.45) is 2.16. The molecule has 132 valence electrons.